The minimum atomic E-state index is 0.0301. The van der Waals surface area contributed by atoms with Crippen LogP contribution in [0, 0.1) is 5.92 Å². The van der Waals surface area contributed by atoms with Crippen molar-refractivity contribution in [3.8, 4) is 11.3 Å². The molecule has 3 N–H and O–H groups in total. The maximum atomic E-state index is 5.73. The summed E-state index contributed by atoms with van der Waals surface area (Å²) in [6, 6.07) is 0.227. The Balaban J connectivity index is 1.64. The lowest BCUT2D eigenvalue weighted by Gasteiger charge is -2.40. The van der Waals surface area contributed by atoms with Gasteiger partial charge in [-0.15, -0.1) is 0 Å². The van der Waals surface area contributed by atoms with E-state index in [1.165, 1.54) is 5.56 Å². The van der Waals surface area contributed by atoms with Crippen LogP contribution in [0.5, 0.6) is 0 Å². The molecule has 0 unspecified atom stereocenters. The highest BCUT2D eigenvalue weighted by Gasteiger charge is 2.45. The van der Waals surface area contributed by atoms with E-state index in [-0.39, 0.29) is 17.5 Å². The summed E-state index contributed by atoms with van der Waals surface area (Å²) in [7, 11) is 0. The van der Waals surface area contributed by atoms with Crippen molar-refractivity contribution in [3.63, 3.8) is 0 Å². The zero-order valence-electron chi connectivity index (χ0n) is 17.9. The number of rotatable bonds is 3. The first-order valence-electron chi connectivity index (χ1n) is 10.8. The van der Waals surface area contributed by atoms with Gasteiger partial charge in [0.05, 0.1) is 30.5 Å². The molecule has 2 saturated heterocycles. The van der Waals surface area contributed by atoms with Gasteiger partial charge in [-0.1, -0.05) is 6.92 Å². The molecular weight excluding hydrogens is 380 g/mol. The number of fused-ring (bicyclic) bond motifs is 1. The quantitative estimate of drug-likeness (QED) is 0.769. The molecule has 9 nitrogen and oxygen atoms in total. The second kappa shape index (κ2) is 7.31. The van der Waals surface area contributed by atoms with E-state index in [9.17, 15) is 0 Å². The van der Waals surface area contributed by atoms with E-state index in [0.29, 0.717) is 19.1 Å². The van der Waals surface area contributed by atoms with Gasteiger partial charge in [0.15, 0.2) is 0 Å². The summed E-state index contributed by atoms with van der Waals surface area (Å²) >= 11 is 0. The van der Waals surface area contributed by atoms with Gasteiger partial charge in [0.2, 0.25) is 11.9 Å². The van der Waals surface area contributed by atoms with Crippen LogP contribution in [0.25, 0.3) is 11.3 Å². The van der Waals surface area contributed by atoms with Crippen molar-refractivity contribution in [2.45, 2.75) is 38.8 Å². The van der Waals surface area contributed by atoms with Crippen LogP contribution in [-0.4, -0.2) is 70.9 Å². The van der Waals surface area contributed by atoms with Gasteiger partial charge in [-0.25, -0.2) is 15.0 Å². The Hall–Kier alpha value is -2.52. The number of nitrogens with one attached hydrogen (secondary N) is 1. The number of aromatic nitrogens is 4. The van der Waals surface area contributed by atoms with E-state index in [2.05, 4.69) is 45.9 Å². The summed E-state index contributed by atoms with van der Waals surface area (Å²) in [6.07, 6.45) is 4.44. The Bertz CT molecular complexity index is 935. The van der Waals surface area contributed by atoms with Crippen LogP contribution >= 0.6 is 0 Å². The molecule has 2 fully saturated rings. The third-order valence-electron chi connectivity index (χ3n) is 7.00. The van der Waals surface area contributed by atoms with Crippen LogP contribution in [0.2, 0.25) is 0 Å². The molecule has 9 heteroatoms. The number of anilines is 3. The van der Waals surface area contributed by atoms with E-state index < -0.39 is 0 Å². The molecule has 0 aromatic carbocycles. The van der Waals surface area contributed by atoms with Crippen molar-refractivity contribution in [2.75, 3.05) is 54.9 Å². The standard InChI is InChI=1S/C21H30N8O/c1-13-8-23-12-21(13,3)29-5-4-16-17(15-9-24-19(22)25-10-15)26-20(27-18(16)29)28-6-7-30-11-14(28)2/h9-10,13-14,23H,4-8,11-12H2,1-3H3,(H2,22,24,25)/t13-,14+,21+/m1/s1. The maximum Gasteiger partial charge on any atom is 0.228 e. The van der Waals surface area contributed by atoms with Gasteiger partial charge in [-0.05, 0) is 26.2 Å². The van der Waals surface area contributed by atoms with Crippen molar-refractivity contribution in [2.24, 2.45) is 5.92 Å². The molecule has 30 heavy (non-hydrogen) atoms. The number of nitrogens with two attached hydrogens (primary N) is 1. The lowest BCUT2D eigenvalue weighted by molar-refractivity contribution is 0.0981. The lowest BCUT2D eigenvalue weighted by Crippen LogP contribution is -2.51. The predicted molar refractivity (Wildman–Crippen MR) is 117 cm³/mol. The number of hydrogen-bond donors (Lipinski definition) is 2. The summed E-state index contributed by atoms with van der Waals surface area (Å²) in [6.45, 7) is 11.9. The van der Waals surface area contributed by atoms with Gasteiger partial charge in [0.1, 0.15) is 5.82 Å². The van der Waals surface area contributed by atoms with E-state index in [1.807, 2.05) is 0 Å². The first-order valence-corrected chi connectivity index (χ1v) is 10.8. The van der Waals surface area contributed by atoms with Gasteiger partial charge in [-0.2, -0.15) is 4.98 Å². The largest absolute Gasteiger partial charge is 0.377 e. The number of ether oxygens (including phenoxy) is 1. The Kier molecular flexibility index (Phi) is 4.74. The zero-order chi connectivity index (χ0) is 20.9. The predicted octanol–water partition coefficient (Wildman–Crippen LogP) is 1.10. The Morgan fingerprint density at radius 3 is 2.70 bits per heavy atom. The SMILES string of the molecule is C[C@@H]1CNC[C@]1(C)N1CCc2c(-c3cnc(N)nc3)nc(N3CCOC[C@@H]3C)nc21. The van der Waals surface area contributed by atoms with E-state index in [4.69, 9.17) is 20.4 Å². The molecule has 160 valence electrons. The average molecular weight is 411 g/mol. The number of morpholine rings is 1. The van der Waals surface area contributed by atoms with Gasteiger partial charge >= 0.3 is 0 Å². The van der Waals surface area contributed by atoms with Crippen LogP contribution in [0.15, 0.2) is 12.4 Å². The molecule has 2 aromatic rings. The lowest BCUT2D eigenvalue weighted by atomic mass is 9.89. The van der Waals surface area contributed by atoms with Crippen molar-refractivity contribution in [1.29, 1.82) is 0 Å². The topological polar surface area (TPSA) is 105 Å². The molecular formula is C21H30N8O. The summed E-state index contributed by atoms with van der Waals surface area (Å²) in [5, 5.41) is 3.56. The van der Waals surface area contributed by atoms with Crippen LogP contribution in [-0.2, 0) is 11.2 Å². The molecule has 5 heterocycles. The second-order valence-electron chi connectivity index (χ2n) is 8.91. The van der Waals surface area contributed by atoms with Gasteiger partial charge in [-0.3, -0.25) is 0 Å². The number of hydrogen-bond acceptors (Lipinski definition) is 9. The molecule has 3 atom stereocenters. The highest BCUT2D eigenvalue weighted by atomic mass is 16.5. The smallest absolute Gasteiger partial charge is 0.228 e. The summed E-state index contributed by atoms with van der Waals surface area (Å²) < 4.78 is 5.64. The molecule has 0 bridgehead atoms. The molecule has 0 amide bonds. The monoisotopic (exact) mass is 410 g/mol. The first kappa shape index (κ1) is 19.4. The first-order chi connectivity index (χ1) is 14.5. The summed E-state index contributed by atoms with van der Waals surface area (Å²) in [5.74, 6) is 2.60. The second-order valence-corrected chi connectivity index (χ2v) is 8.91. The Morgan fingerprint density at radius 2 is 2.00 bits per heavy atom. The third-order valence-corrected chi connectivity index (χ3v) is 7.00. The highest BCUT2D eigenvalue weighted by molar-refractivity contribution is 5.73. The molecule has 0 spiro atoms. The Morgan fingerprint density at radius 1 is 1.20 bits per heavy atom. The number of nitrogen functional groups attached to an aromatic ring is 1. The Labute approximate surface area is 177 Å². The zero-order valence-corrected chi connectivity index (χ0v) is 17.9. The van der Waals surface area contributed by atoms with Crippen molar-refractivity contribution < 1.29 is 4.74 Å². The van der Waals surface area contributed by atoms with Crippen LogP contribution in [0.1, 0.15) is 26.3 Å². The molecule has 3 aliphatic rings. The van der Waals surface area contributed by atoms with Crippen LogP contribution < -0.4 is 20.9 Å². The van der Waals surface area contributed by atoms with Crippen molar-refractivity contribution in [3.05, 3.63) is 18.0 Å². The fourth-order valence-electron chi connectivity index (χ4n) is 4.89. The fraction of sp³-hybridized carbons (Fsp3) is 0.619. The van der Waals surface area contributed by atoms with Gasteiger partial charge in [0, 0.05) is 49.7 Å². The van der Waals surface area contributed by atoms with Gasteiger partial charge in [0.25, 0.3) is 0 Å². The van der Waals surface area contributed by atoms with E-state index in [0.717, 1.165) is 55.6 Å². The minimum absolute atomic E-state index is 0.0301. The molecule has 5 rings (SSSR count). The molecule has 2 aromatic heterocycles. The van der Waals surface area contributed by atoms with Crippen LogP contribution in [0.4, 0.5) is 17.7 Å². The molecule has 0 saturated carbocycles. The fourth-order valence-corrected chi connectivity index (χ4v) is 4.89. The normalized spacial score (nSPS) is 28.8. The maximum absolute atomic E-state index is 5.73. The van der Waals surface area contributed by atoms with Gasteiger partial charge < -0.3 is 25.6 Å². The van der Waals surface area contributed by atoms with E-state index >= 15 is 0 Å². The third kappa shape index (κ3) is 3.07. The van der Waals surface area contributed by atoms with Crippen molar-refractivity contribution >= 4 is 17.7 Å². The summed E-state index contributed by atoms with van der Waals surface area (Å²) in [5.41, 5.74) is 8.73. The highest BCUT2D eigenvalue weighted by Crippen LogP contribution is 2.41. The van der Waals surface area contributed by atoms with E-state index in [1.54, 1.807) is 12.4 Å². The number of nitrogens with zero attached hydrogens (tertiary/aromatic N) is 6. The molecule has 0 aliphatic carbocycles. The average Bonchev–Trinajstić information content (AvgIpc) is 3.32. The molecule has 3 aliphatic heterocycles. The minimum Gasteiger partial charge on any atom is -0.377 e. The van der Waals surface area contributed by atoms with Crippen LogP contribution in [0.3, 0.4) is 0 Å². The van der Waals surface area contributed by atoms with Crippen molar-refractivity contribution in [1.82, 2.24) is 25.3 Å². The summed E-state index contributed by atoms with van der Waals surface area (Å²) in [4.78, 5) is 23.3. The molecule has 0 radical (unpaired) electrons.